The summed E-state index contributed by atoms with van der Waals surface area (Å²) >= 11 is 0.167. The lowest BCUT2D eigenvalue weighted by Gasteiger charge is -2.36. The number of nitrogens with one attached hydrogen (secondary N) is 2. The van der Waals surface area contributed by atoms with Gasteiger partial charge in [0.2, 0.25) is 18.0 Å². The van der Waals surface area contributed by atoms with Crippen LogP contribution >= 0.6 is 33.1 Å². The molecule has 1 saturated heterocycles. The highest BCUT2D eigenvalue weighted by molar-refractivity contribution is 14.1. The molecule has 7 rings (SSSR count). The third-order valence-corrected chi connectivity index (χ3v) is 12.3. The Labute approximate surface area is 349 Å². The number of aromatic nitrogens is 8. The number of piperazine rings is 1. The van der Waals surface area contributed by atoms with Crippen molar-refractivity contribution in [2.24, 2.45) is 12.8 Å². The number of halogens is 2. The second-order valence-corrected chi connectivity index (χ2v) is 17.2. The van der Waals surface area contributed by atoms with Gasteiger partial charge in [0.15, 0.2) is 26.9 Å². The van der Waals surface area contributed by atoms with Crippen LogP contribution in [-0.4, -0.2) is 107 Å². The molecule has 0 bridgehead atoms. The Morgan fingerprint density at radius 2 is 1.93 bits per heavy atom. The molecule has 6 aromatic rings. The number of aromatic amines is 1. The molecule has 1 unspecified atom stereocenters. The smallest absolute Gasteiger partial charge is 0.329 e. The number of ether oxygens (including phenoxy) is 1. The van der Waals surface area contributed by atoms with E-state index >= 15 is 4.39 Å². The number of nitrogens with two attached hydrogens (primary N) is 1. The first-order valence-electron chi connectivity index (χ1n) is 19.0. The highest BCUT2D eigenvalue weighted by Crippen LogP contribution is 2.34. The van der Waals surface area contributed by atoms with Gasteiger partial charge in [-0.25, -0.2) is 18.5 Å². The number of benzene rings is 2. The summed E-state index contributed by atoms with van der Waals surface area (Å²) in [6.07, 6.45) is 7.66. The van der Waals surface area contributed by atoms with Gasteiger partial charge in [-0.3, -0.25) is 27.0 Å². The predicted octanol–water partition coefficient (Wildman–Crippen LogP) is 5.71. The predicted molar refractivity (Wildman–Crippen MR) is 232 cm³/mol. The average Bonchev–Trinajstić information content (AvgIpc) is 3.95. The SMILES string of the molecule is CCCC(I=O)n1c(=O)n(C)c2cc(N3CCN(CCCN(C)Sc4ccc(Nc5nc6c(OC(C)C)c(-c7cn[nH]c7)ncn6n5)c(F)c4)CC3)ccc21.NC=O. The Kier molecular flexibility index (Phi) is 14.5. The standard InChI is InChI=1S/C37H46FIN12O3S.CH3NO/c1-6-8-32(39-53)51-30-12-9-26(19-31(30)47(5)37(51)52)49-17-15-48(16-18-49)14-7-13-46(4)55-27-10-11-29(28(38)20-27)43-36-44-35-34(54-24(2)3)33(25-21-41-42-22-25)40-23-50(35)45-36;2-1-3/h9-12,19-24,32H,6-8,13-18H2,1-5H3,(H,41,42)(H,43,45);1H,(H2,2,3). The van der Waals surface area contributed by atoms with Crippen molar-refractivity contribution < 1.29 is 17.0 Å². The maximum absolute atomic E-state index is 15.3. The first-order chi connectivity index (χ1) is 28.0. The summed E-state index contributed by atoms with van der Waals surface area (Å²) < 4.78 is 40.3. The Balaban J connectivity index is 0.00000183. The quantitative estimate of drug-likeness (QED) is 0.0464. The summed E-state index contributed by atoms with van der Waals surface area (Å²) in [6, 6.07) is 11.3. The van der Waals surface area contributed by atoms with Crippen LogP contribution in [0.2, 0.25) is 0 Å². The zero-order chi connectivity index (χ0) is 41.3. The third kappa shape index (κ3) is 9.84. The molecule has 1 fully saturated rings. The van der Waals surface area contributed by atoms with Crippen LogP contribution in [0.25, 0.3) is 27.9 Å². The maximum atomic E-state index is 15.3. The number of alkyl halides is 1. The van der Waals surface area contributed by atoms with E-state index in [9.17, 15) is 7.86 Å². The van der Waals surface area contributed by atoms with Gasteiger partial charge in [-0.1, -0.05) is 13.3 Å². The molecule has 2 aromatic carbocycles. The average molecular weight is 930 g/mol. The first kappa shape index (κ1) is 42.7. The van der Waals surface area contributed by atoms with Gasteiger partial charge in [-0.15, -0.1) is 5.10 Å². The zero-order valence-electron chi connectivity index (χ0n) is 33.1. The van der Waals surface area contributed by atoms with E-state index in [0.29, 0.717) is 17.1 Å². The molecule has 1 amide bonds. The van der Waals surface area contributed by atoms with E-state index in [0.717, 1.165) is 85.7 Å². The molecule has 0 aliphatic carbocycles. The molecule has 1 atom stereocenters. The number of aryl methyl sites for hydroxylation is 1. The topological polar surface area (TPSA) is 190 Å². The van der Waals surface area contributed by atoms with Gasteiger partial charge in [0.25, 0.3) is 0 Å². The minimum atomic E-state index is -1.34. The maximum Gasteiger partial charge on any atom is 0.329 e. The first-order valence-corrected chi connectivity index (χ1v) is 21.9. The van der Waals surface area contributed by atoms with Crippen LogP contribution in [0.1, 0.15) is 44.1 Å². The molecule has 1 aliphatic rings. The van der Waals surface area contributed by atoms with Crippen molar-refractivity contribution in [1.82, 2.24) is 48.1 Å². The van der Waals surface area contributed by atoms with Crippen molar-refractivity contribution in [2.75, 3.05) is 56.5 Å². The molecule has 310 valence electrons. The number of imidazole rings is 1. The number of hydrogen-bond donors (Lipinski definition) is 3. The second kappa shape index (κ2) is 19.7. The van der Waals surface area contributed by atoms with Crippen molar-refractivity contribution >= 4 is 73.6 Å². The van der Waals surface area contributed by atoms with E-state index in [1.54, 1.807) is 41.0 Å². The van der Waals surface area contributed by atoms with Crippen LogP contribution < -0.4 is 26.4 Å². The zero-order valence-corrected chi connectivity index (χ0v) is 36.1. The normalized spacial score (nSPS) is 14.0. The largest absolute Gasteiger partial charge is 0.485 e. The number of nitrogens with zero attached hydrogens (tertiary/aromatic N) is 10. The number of primary amides is 1. The Morgan fingerprint density at radius 3 is 2.60 bits per heavy atom. The molecule has 58 heavy (non-hydrogen) atoms. The van der Waals surface area contributed by atoms with Gasteiger partial charge >= 0.3 is 5.69 Å². The third-order valence-electron chi connectivity index (χ3n) is 9.59. The molecule has 4 N–H and O–H groups in total. The van der Waals surface area contributed by atoms with Gasteiger partial charge in [0.05, 0.1) is 29.0 Å². The second-order valence-electron chi connectivity index (χ2n) is 14.0. The van der Waals surface area contributed by atoms with Gasteiger partial charge < -0.3 is 20.7 Å². The summed E-state index contributed by atoms with van der Waals surface area (Å²) in [6.45, 7) is 11.4. The Morgan fingerprint density at radius 1 is 1.16 bits per heavy atom. The minimum absolute atomic E-state index is 0.100. The van der Waals surface area contributed by atoms with Crippen molar-refractivity contribution in [3.8, 4) is 17.0 Å². The van der Waals surface area contributed by atoms with Crippen LogP contribution in [0.15, 0.2) is 64.8 Å². The minimum Gasteiger partial charge on any atom is -0.485 e. The molecule has 17 nitrogen and oxygen atoms in total. The van der Waals surface area contributed by atoms with Crippen molar-refractivity contribution in [3.63, 3.8) is 0 Å². The Bertz CT molecular complexity index is 2380. The lowest BCUT2D eigenvalue weighted by Crippen LogP contribution is -2.46. The highest BCUT2D eigenvalue weighted by atomic mass is 127. The van der Waals surface area contributed by atoms with Crippen LogP contribution in [0.5, 0.6) is 5.75 Å². The van der Waals surface area contributed by atoms with Gasteiger partial charge in [0, 0.05) is 62.1 Å². The number of carbonyl (C=O) groups excluding carboxylic acids is 1. The molecule has 1 aliphatic heterocycles. The monoisotopic (exact) mass is 929 g/mol. The molecule has 0 radical (unpaired) electrons. The fraction of sp³-hybridized carbons (Fsp3) is 0.421. The molecule has 0 saturated carbocycles. The lowest BCUT2D eigenvalue weighted by molar-refractivity contribution is -0.106. The molecular formula is C38H49FIN13O4S. The van der Waals surface area contributed by atoms with E-state index in [-0.39, 0.29) is 33.9 Å². The fourth-order valence-corrected chi connectivity index (χ4v) is 9.34. The van der Waals surface area contributed by atoms with E-state index in [1.165, 1.54) is 22.5 Å². The van der Waals surface area contributed by atoms with E-state index in [4.69, 9.17) is 9.53 Å². The summed E-state index contributed by atoms with van der Waals surface area (Å²) in [5, 5.41) is 14.3. The summed E-state index contributed by atoms with van der Waals surface area (Å²) in [5.41, 5.74) is 8.96. The molecule has 5 heterocycles. The van der Waals surface area contributed by atoms with E-state index in [1.807, 2.05) is 33.0 Å². The number of rotatable bonds is 16. The van der Waals surface area contributed by atoms with Crippen molar-refractivity contribution in [1.29, 1.82) is 0 Å². The van der Waals surface area contributed by atoms with E-state index in [2.05, 4.69) is 69.5 Å². The molecular weight excluding hydrogens is 880 g/mol. The van der Waals surface area contributed by atoms with Crippen molar-refractivity contribution in [2.45, 2.75) is 55.1 Å². The number of carbonyl (C=O) groups is 1. The summed E-state index contributed by atoms with van der Waals surface area (Å²) in [7, 11) is 3.82. The van der Waals surface area contributed by atoms with Crippen molar-refractivity contribution in [3.05, 3.63) is 71.4 Å². The fourth-order valence-electron chi connectivity index (χ4n) is 6.84. The molecule has 4 aromatic heterocycles. The number of amides is 1. The van der Waals surface area contributed by atoms with Gasteiger partial charge in [-0.05, 0) is 88.6 Å². The summed E-state index contributed by atoms with van der Waals surface area (Å²) in [4.78, 5) is 36.4. The molecule has 0 spiro atoms. The van der Waals surface area contributed by atoms with Gasteiger partial charge in [0.1, 0.15) is 21.9 Å². The highest BCUT2D eigenvalue weighted by Gasteiger charge is 2.23. The number of H-pyrrole nitrogens is 1. The van der Waals surface area contributed by atoms with Crippen LogP contribution in [0, 0.1) is 5.82 Å². The van der Waals surface area contributed by atoms with Crippen LogP contribution in [0.3, 0.4) is 0 Å². The lowest BCUT2D eigenvalue weighted by atomic mass is 10.2. The van der Waals surface area contributed by atoms with E-state index < -0.39 is 27.0 Å². The van der Waals surface area contributed by atoms with Crippen LogP contribution in [-0.2, 0) is 14.9 Å². The number of anilines is 3. The van der Waals surface area contributed by atoms with Gasteiger partial charge in [-0.2, -0.15) is 14.6 Å². The number of hydrogen-bond acceptors (Lipinski definition) is 13. The number of fused-ring (bicyclic) bond motifs is 2. The Hall–Kier alpha value is -4.93. The molecule has 20 heteroatoms. The summed E-state index contributed by atoms with van der Waals surface area (Å²) in [5.74, 6) is 0.277. The van der Waals surface area contributed by atoms with Crippen LogP contribution in [0.4, 0.5) is 21.7 Å².